The quantitative estimate of drug-likeness (QED) is 0.105. The van der Waals surface area contributed by atoms with Crippen LogP contribution in [-0.4, -0.2) is 30.2 Å². The van der Waals surface area contributed by atoms with Crippen LogP contribution in [0.5, 0.6) is 0 Å². The molecule has 0 aromatic heterocycles. The van der Waals surface area contributed by atoms with Crippen LogP contribution in [0.15, 0.2) is 266 Å². The van der Waals surface area contributed by atoms with Gasteiger partial charge in [-0.25, -0.2) is 0 Å². The van der Waals surface area contributed by atoms with E-state index in [9.17, 15) is 41.1 Å². The Morgan fingerprint density at radius 3 is 1.13 bits per heavy atom. The molecule has 326 valence electrons. The molecule has 0 radical (unpaired) electrons. The van der Waals surface area contributed by atoms with Crippen LogP contribution in [0.1, 0.15) is 82.6 Å². The molecular weight excluding hydrogens is 1000 g/mol. The van der Waals surface area contributed by atoms with Gasteiger partial charge >= 0.3 is 436 Å². The number of hydrogen-bond donors (Lipinski definition) is 0. The number of rotatable bonds is 8. The first-order chi connectivity index (χ1) is 52.3. The van der Waals surface area contributed by atoms with Crippen molar-refractivity contribution in [3.05, 3.63) is 288 Å². The molecule has 0 atom stereocenters. The molecule has 2 aliphatic rings. The third-order valence-electron chi connectivity index (χ3n) is 11.4. The van der Waals surface area contributed by atoms with Gasteiger partial charge in [-0.15, -0.1) is 0 Å². The molecule has 69 heavy (non-hydrogen) atoms. The van der Waals surface area contributed by atoms with Gasteiger partial charge in [-0.1, -0.05) is 30.2 Å². The minimum absolute atomic E-state index is 0.788. The molecule has 0 N–H and O–H groups in total. The van der Waals surface area contributed by atoms with Crippen LogP contribution in [0.3, 0.4) is 0 Å². The second kappa shape index (κ2) is 16.9. The first-order valence-electron chi connectivity index (χ1n) is 42.0. The Bertz CT molecular complexity index is 5950. The molecule has 0 amide bonds. The van der Waals surface area contributed by atoms with E-state index in [-0.39, 0.29) is 0 Å². The number of fused-ring (bicyclic) bond motifs is 12. The van der Waals surface area contributed by atoms with E-state index in [1.165, 1.54) is 0 Å². The summed E-state index contributed by atoms with van der Waals surface area (Å²) in [5.74, 6) is 0. The third kappa shape index (κ3) is 6.56. The van der Waals surface area contributed by atoms with Gasteiger partial charge in [-0.05, 0) is 5.39 Å². The Labute approximate surface area is 481 Å². The molecule has 4 heteroatoms. The Morgan fingerprint density at radius 2 is 0.667 bits per heavy atom. The van der Waals surface area contributed by atoms with Crippen LogP contribution in [-0.2, 0) is 5.41 Å². The molecule has 11 aromatic rings. The van der Waals surface area contributed by atoms with E-state index < -0.39 is 392 Å². The van der Waals surface area contributed by atoms with Crippen molar-refractivity contribution in [3.63, 3.8) is 0 Å². The van der Waals surface area contributed by atoms with Crippen molar-refractivity contribution in [2.75, 3.05) is 0 Å². The van der Waals surface area contributed by atoms with Crippen molar-refractivity contribution in [3.8, 4) is 44.5 Å². The Balaban J connectivity index is 1.25. The van der Waals surface area contributed by atoms with Gasteiger partial charge < -0.3 is 0 Å². The molecule has 13 rings (SSSR count). The zero-order valence-electron chi connectivity index (χ0n) is 78.2. The zero-order chi connectivity index (χ0) is 84.5. The average molecular weight is 1090 g/mol. The fraction of sp³-hybridized carbons (Fsp3) is 0.0154. The first kappa shape index (κ1) is 16.9. The van der Waals surface area contributed by atoms with Crippen LogP contribution in [0, 0.1) is 0 Å². The van der Waals surface area contributed by atoms with E-state index in [1.54, 1.807) is 0 Å². The summed E-state index contributed by atoms with van der Waals surface area (Å²) in [5, 5.41) is -7.31. The number of benzene rings is 11. The van der Waals surface area contributed by atoms with Gasteiger partial charge in [0.05, 0.1) is 11.0 Å². The molecule has 0 bridgehead atoms. The normalized spacial score (nSPS) is 22.1. The summed E-state index contributed by atoms with van der Waals surface area (Å²) in [6.45, 7) is 0. The molecule has 0 nitrogen and oxygen atoms in total. The molecule has 0 aliphatic heterocycles. The Hall–Kier alpha value is -6.42. The van der Waals surface area contributed by atoms with Crippen LogP contribution >= 0.6 is 11.0 Å². The van der Waals surface area contributed by atoms with E-state index >= 15 is 0 Å². The molecule has 0 saturated heterocycles. The summed E-state index contributed by atoms with van der Waals surface area (Å²) in [5.41, 5.74) is -25.8. The number of hydrogen-bond acceptors (Lipinski definition) is 0. The van der Waals surface area contributed by atoms with Crippen molar-refractivity contribution in [2.45, 2.75) is 5.41 Å². The van der Waals surface area contributed by atoms with E-state index in [2.05, 4.69) is 30.2 Å². The van der Waals surface area contributed by atoms with Crippen LogP contribution < -0.4 is 31.8 Å². The van der Waals surface area contributed by atoms with Crippen molar-refractivity contribution in [2.24, 2.45) is 0 Å². The average Bonchev–Trinajstić information content (AvgIpc) is 1.47. The van der Waals surface area contributed by atoms with Gasteiger partial charge in [0.1, 0.15) is 0 Å². The summed E-state index contributed by atoms with van der Waals surface area (Å²) in [6, 6.07) is -51.8. The monoisotopic (exact) mass is 1090 g/mol. The topological polar surface area (TPSA) is 0 Å². The predicted octanol–water partition coefficient (Wildman–Crippen LogP) is 13.3. The van der Waals surface area contributed by atoms with Gasteiger partial charge in [-0.3, -0.25) is 0 Å². The molecule has 0 saturated carbocycles. The summed E-state index contributed by atoms with van der Waals surface area (Å²) in [6.07, 6.45) is 0. The van der Waals surface area contributed by atoms with Gasteiger partial charge in [0.25, 0.3) is 0 Å². The second-order valence-electron chi connectivity index (χ2n) is 14.8. The van der Waals surface area contributed by atoms with Gasteiger partial charge in [-0.2, -0.15) is 0 Å². The second-order valence-corrected chi connectivity index (χ2v) is 26.8. The fourth-order valence-corrected chi connectivity index (χ4v) is 15.8. The molecule has 0 heterocycles. The Kier molecular flexibility index (Phi) is 4.14. The molecule has 2 aliphatic carbocycles. The first-order valence-corrected chi connectivity index (χ1v) is 28.0. The van der Waals surface area contributed by atoms with Crippen LogP contribution in [0.25, 0.3) is 55.3 Å². The maximum absolute atomic E-state index is 10.8. The Morgan fingerprint density at radius 1 is 0.290 bits per heavy atom. The molecule has 11 aromatic carbocycles. The van der Waals surface area contributed by atoms with Crippen LogP contribution in [0.4, 0.5) is 0 Å². The summed E-state index contributed by atoms with van der Waals surface area (Å²) < 4.78 is 414. The van der Waals surface area contributed by atoms with Gasteiger partial charge in [0.2, 0.25) is 0 Å². The van der Waals surface area contributed by atoms with Crippen molar-refractivity contribution in [1.82, 2.24) is 0 Å². The van der Waals surface area contributed by atoms with E-state index in [0.29, 0.717) is 0 Å². The van der Waals surface area contributed by atoms with Gasteiger partial charge in [0.15, 0.2) is 0 Å². The summed E-state index contributed by atoms with van der Waals surface area (Å²) in [4.78, 5) is 0. The minimum atomic E-state index is -5.04. The van der Waals surface area contributed by atoms with Crippen LogP contribution in [0.2, 0.25) is 0 Å². The summed E-state index contributed by atoms with van der Waals surface area (Å²) >= 11 is 5.16. The van der Waals surface area contributed by atoms with Crippen molar-refractivity contribution in [1.29, 1.82) is 0 Å². The molecule has 0 fully saturated rings. The molecule has 1 spiro atoms. The van der Waals surface area contributed by atoms with E-state index in [4.69, 9.17) is 19.2 Å². The van der Waals surface area contributed by atoms with Crippen molar-refractivity contribution >= 4 is 83.8 Å². The standard InChI is InChI=1S/C65H44P2Se2/c68-66(50-18-5-1-6-19-50,51-20-7-2-8-21-51)54-36-29-45(30-37-54)48-33-40-57-58-41-34-49(46-31-38-55(39-32-46)67(69,52-22-9-3-10-23-52)53-24-11-4-12-25-53)44-63(58)65(62(57)43-48)60-28-16-15-27-59(60)64-56-26-14-13-17-47(56)35-42-61(64)65/h1-44H/i1D,2D,3D,4D,5D,6D,7D,8D,9D,10D,11D,12D,13D,14D,15D,16D,17D,18D,19D,20D,21D,22D,23D,24D,25D,26D,27D,28D,29D,30D,31D,32D,33D,34D,35D,36D,37D,38D,39D,40D,41D,42D,43D,44D. The molecule has 0 unspecified atom stereocenters. The molecular formula is C65H44P2Se2. The van der Waals surface area contributed by atoms with E-state index in [0.717, 1.165) is 0 Å². The SMILES string of the molecule is [2H]c1c([2H])c([2H])c(P(=[Se])(c2c([2H])c([2H])c([2H])c([2H])c2[2H])c2c([2H])c([2H])c(-c3c([2H])c([2H])c4c(c3[2H])C3(c5c([2H])c(-c6c([2H])c([2H])c(P(=[Se])(c7c([2H])c([2H])c([2H])c([2H])c7[2H])c7c([2H])c([2H])c([2H])c([2H])c7[2H])c([2H])c6[2H])c([2H])c([2H])c5-4)c4c([2H])c([2H])c([2H])c([2H])c4-c4c3c([2H])c([2H])c3c([2H])c([2H])c([2H])c([2H])c43)c([2H])c2[2H])c([2H])c1[2H]. The van der Waals surface area contributed by atoms with Gasteiger partial charge in [0, 0.05) is 0 Å². The summed E-state index contributed by atoms with van der Waals surface area (Å²) in [7, 11) is 0. The predicted molar refractivity (Wildman–Crippen MR) is 300 cm³/mol. The van der Waals surface area contributed by atoms with Crippen molar-refractivity contribution < 1.29 is 60.3 Å². The third-order valence-corrected chi connectivity index (χ3v) is 23.4. The maximum atomic E-state index is 10.8. The fourth-order valence-electron chi connectivity index (χ4n) is 8.42. The van der Waals surface area contributed by atoms with E-state index in [1.807, 2.05) is 0 Å². The zero-order valence-corrected chi connectivity index (χ0v) is 39.4.